The van der Waals surface area contributed by atoms with E-state index in [4.69, 9.17) is 5.11 Å². The van der Waals surface area contributed by atoms with Gasteiger partial charge in [-0.05, 0) is 18.6 Å². The molecule has 0 heterocycles. The van der Waals surface area contributed by atoms with Crippen molar-refractivity contribution in [2.75, 3.05) is 5.32 Å². The summed E-state index contributed by atoms with van der Waals surface area (Å²) in [4.78, 5) is 22.3. The van der Waals surface area contributed by atoms with Crippen LogP contribution in [0.5, 0.6) is 0 Å². The molecular weight excluding hydrogens is 220 g/mol. The molecule has 2 amide bonds. The van der Waals surface area contributed by atoms with Gasteiger partial charge >= 0.3 is 12.0 Å². The summed E-state index contributed by atoms with van der Waals surface area (Å²) in [6.45, 7) is 3.44. The molecule has 0 saturated heterocycles. The largest absolute Gasteiger partial charge is 0.480 e. The van der Waals surface area contributed by atoms with Gasteiger partial charge in [0.05, 0.1) is 0 Å². The highest BCUT2D eigenvalue weighted by atomic mass is 16.4. The summed E-state index contributed by atoms with van der Waals surface area (Å²) in [6.07, 6.45) is 1.62. The van der Waals surface area contributed by atoms with Gasteiger partial charge in [-0.3, -0.25) is 0 Å². The number of hydrogen-bond donors (Lipinski definition) is 3. The van der Waals surface area contributed by atoms with E-state index in [1.165, 1.54) is 6.08 Å². The smallest absolute Gasteiger partial charge is 0.326 e. The molecule has 1 aromatic rings. The van der Waals surface area contributed by atoms with Gasteiger partial charge in [0, 0.05) is 5.69 Å². The number of hydrogen-bond acceptors (Lipinski definition) is 2. The second-order valence-electron chi connectivity index (χ2n) is 3.38. The maximum absolute atomic E-state index is 11.5. The number of para-hydroxylation sites is 1. The van der Waals surface area contributed by atoms with Gasteiger partial charge in [-0.1, -0.05) is 24.3 Å². The molecule has 0 fully saturated rings. The van der Waals surface area contributed by atoms with Crippen molar-refractivity contribution in [2.24, 2.45) is 0 Å². The first kappa shape index (κ1) is 12.8. The Morgan fingerprint density at radius 2 is 2.00 bits per heavy atom. The van der Waals surface area contributed by atoms with E-state index in [0.29, 0.717) is 5.69 Å². The lowest BCUT2D eigenvalue weighted by Crippen LogP contribution is -2.42. The van der Waals surface area contributed by atoms with Crippen molar-refractivity contribution in [3.63, 3.8) is 0 Å². The average Bonchev–Trinajstić information content (AvgIpc) is 2.29. The molecule has 0 radical (unpaired) electrons. The summed E-state index contributed by atoms with van der Waals surface area (Å²) in [5.74, 6) is -1.09. The molecule has 0 aromatic heterocycles. The van der Waals surface area contributed by atoms with Gasteiger partial charge in [0.25, 0.3) is 0 Å². The van der Waals surface area contributed by atoms with Gasteiger partial charge < -0.3 is 15.7 Å². The third kappa shape index (κ3) is 4.38. The number of carboxylic acids is 1. The van der Waals surface area contributed by atoms with E-state index in [2.05, 4.69) is 17.2 Å². The monoisotopic (exact) mass is 234 g/mol. The highest BCUT2D eigenvalue weighted by Crippen LogP contribution is 2.04. The van der Waals surface area contributed by atoms with E-state index in [0.717, 1.165) is 0 Å². The van der Waals surface area contributed by atoms with E-state index in [-0.39, 0.29) is 6.42 Å². The number of benzene rings is 1. The molecule has 0 aliphatic heterocycles. The van der Waals surface area contributed by atoms with Crippen LogP contribution in [0.2, 0.25) is 0 Å². The normalized spacial score (nSPS) is 11.3. The van der Waals surface area contributed by atoms with Crippen LogP contribution in [-0.4, -0.2) is 23.1 Å². The van der Waals surface area contributed by atoms with Crippen LogP contribution in [0.4, 0.5) is 10.5 Å². The van der Waals surface area contributed by atoms with Gasteiger partial charge in [-0.25, -0.2) is 9.59 Å². The molecule has 0 aliphatic carbocycles. The fraction of sp³-hybridized carbons (Fsp3) is 0.167. The number of urea groups is 1. The topological polar surface area (TPSA) is 78.4 Å². The molecule has 5 nitrogen and oxygen atoms in total. The maximum atomic E-state index is 11.5. The van der Waals surface area contributed by atoms with Crippen LogP contribution in [0.15, 0.2) is 43.0 Å². The maximum Gasteiger partial charge on any atom is 0.326 e. The van der Waals surface area contributed by atoms with Crippen molar-refractivity contribution in [1.29, 1.82) is 0 Å². The van der Waals surface area contributed by atoms with Crippen LogP contribution in [0.25, 0.3) is 0 Å². The minimum Gasteiger partial charge on any atom is -0.480 e. The Balaban J connectivity index is 2.53. The van der Waals surface area contributed by atoms with Crippen LogP contribution in [0.1, 0.15) is 6.42 Å². The van der Waals surface area contributed by atoms with E-state index in [1.807, 2.05) is 6.07 Å². The quantitative estimate of drug-likeness (QED) is 0.680. The Morgan fingerprint density at radius 1 is 1.35 bits per heavy atom. The van der Waals surface area contributed by atoms with Gasteiger partial charge in [0.2, 0.25) is 0 Å². The summed E-state index contributed by atoms with van der Waals surface area (Å²) in [7, 11) is 0. The third-order valence-electron chi connectivity index (χ3n) is 2.04. The first-order chi connectivity index (χ1) is 8.13. The predicted molar refractivity (Wildman–Crippen MR) is 64.8 cm³/mol. The van der Waals surface area contributed by atoms with Crippen LogP contribution in [0, 0.1) is 0 Å². The third-order valence-corrected chi connectivity index (χ3v) is 2.04. The molecule has 1 atom stereocenters. The van der Waals surface area contributed by atoms with Crippen molar-refractivity contribution in [2.45, 2.75) is 12.5 Å². The van der Waals surface area contributed by atoms with E-state index >= 15 is 0 Å². The first-order valence-electron chi connectivity index (χ1n) is 5.09. The molecule has 90 valence electrons. The minimum absolute atomic E-state index is 0.178. The number of nitrogens with one attached hydrogen (secondary N) is 2. The predicted octanol–water partition coefficient (Wildman–Crippen LogP) is 1.84. The Bertz CT molecular complexity index is 403. The molecule has 0 aliphatic rings. The van der Waals surface area contributed by atoms with Crippen molar-refractivity contribution in [3.05, 3.63) is 43.0 Å². The number of anilines is 1. The number of amides is 2. The highest BCUT2D eigenvalue weighted by Gasteiger charge is 2.17. The fourth-order valence-corrected chi connectivity index (χ4v) is 1.24. The van der Waals surface area contributed by atoms with Crippen LogP contribution in [-0.2, 0) is 4.79 Å². The van der Waals surface area contributed by atoms with Gasteiger partial charge in [0.15, 0.2) is 0 Å². The van der Waals surface area contributed by atoms with Gasteiger partial charge in [-0.15, -0.1) is 6.58 Å². The van der Waals surface area contributed by atoms with Crippen molar-refractivity contribution in [3.8, 4) is 0 Å². The summed E-state index contributed by atoms with van der Waals surface area (Å²) in [5, 5.41) is 13.7. The Labute approximate surface area is 99.1 Å². The minimum atomic E-state index is -1.09. The summed E-state index contributed by atoms with van der Waals surface area (Å²) >= 11 is 0. The Hall–Kier alpha value is -2.30. The molecule has 1 aromatic carbocycles. The zero-order valence-electron chi connectivity index (χ0n) is 9.22. The number of aliphatic carboxylic acids is 1. The molecule has 0 spiro atoms. The second kappa shape index (κ2) is 6.32. The number of carbonyl (C=O) groups excluding carboxylic acids is 1. The lowest BCUT2D eigenvalue weighted by atomic mass is 10.2. The van der Waals surface area contributed by atoms with Crippen LogP contribution in [0.3, 0.4) is 0 Å². The molecule has 3 N–H and O–H groups in total. The molecule has 0 saturated carbocycles. The zero-order chi connectivity index (χ0) is 12.7. The summed E-state index contributed by atoms with van der Waals surface area (Å²) < 4.78 is 0. The zero-order valence-corrected chi connectivity index (χ0v) is 9.22. The number of rotatable bonds is 5. The van der Waals surface area contributed by atoms with Crippen molar-refractivity contribution >= 4 is 17.7 Å². The van der Waals surface area contributed by atoms with Gasteiger partial charge in [-0.2, -0.15) is 0 Å². The SMILES string of the molecule is C=CC[C@@H](NC(=O)Nc1ccccc1)C(=O)O. The highest BCUT2D eigenvalue weighted by molar-refractivity contribution is 5.92. The second-order valence-corrected chi connectivity index (χ2v) is 3.38. The lowest BCUT2D eigenvalue weighted by Gasteiger charge is -2.13. The fourth-order valence-electron chi connectivity index (χ4n) is 1.24. The van der Waals surface area contributed by atoms with Crippen molar-refractivity contribution in [1.82, 2.24) is 5.32 Å². The van der Waals surface area contributed by atoms with Crippen LogP contribution < -0.4 is 10.6 Å². The molecular formula is C12H14N2O3. The average molecular weight is 234 g/mol. The van der Waals surface area contributed by atoms with Crippen molar-refractivity contribution < 1.29 is 14.7 Å². The summed E-state index contributed by atoms with van der Waals surface area (Å²) in [6, 6.07) is 7.27. The lowest BCUT2D eigenvalue weighted by molar-refractivity contribution is -0.139. The number of carboxylic acid groups (broad SMARTS) is 1. The molecule has 0 bridgehead atoms. The van der Waals surface area contributed by atoms with Crippen LogP contribution >= 0.6 is 0 Å². The summed E-state index contributed by atoms with van der Waals surface area (Å²) in [5.41, 5.74) is 0.604. The number of carbonyl (C=O) groups is 2. The standard InChI is InChI=1S/C12H14N2O3/c1-2-6-10(11(15)16)14-12(17)13-9-7-4-3-5-8-9/h2-5,7-8,10H,1,6H2,(H,15,16)(H2,13,14,17)/t10-/m1/s1. The Morgan fingerprint density at radius 3 is 2.53 bits per heavy atom. The molecule has 17 heavy (non-hydrogen) atoms. The first-order valence-corrected chi connectivity index (χ1v) is 5.09. The van der Waals surface area contributed by atoms with E-state index in [1.54, 1.807) is 24.3 Å². The van der Waals surface area contributed by atoms with E-state index < -0.39 is 18.0 Å². The molecule has 1 rings (SSSR count). The van der Waals surface area contributed by atoms with E-state index in [9.17, 15) is 9.59 Å². The molecule has 5 heteroatoms. The molecule has 0 unspecified atom stereocenters. The van der Waals surface area contributed by atoms with Gasteiger partial charge in [0.1, 0.15) is 6.04 Å². The Kier molecular flexibility index (Phi) is 4.75.